The highest BCUT2D eigenvalue weighted by atomic mass is 16.5. The maximum atomic E-state index is 12.4. The molecule has 194 valence electrons. The molecule has 0 saturated carbocycles. The van der Waals surface area contributed by atoms with E-state index in [1.54, 1.807) is 13.3 Å². The second-order valence-electron chi connectivity index (χ2n) is 9.61. The first-order chi connectivity index (χ1) is 18.7. The van der Waals surface area contributed by atoms with Crippen LogP contribution in [-0.2, 0) is 29.0 Å². The van der Waals surface area contributed by atoms with Crippen LogP contribution in [0.2, 0.25) is 0 Å². The zero-order valence-corrected chi connectivity index (χ0v) is 21.3. The summed E-state index contributed by atoms with van der Waals surface area (Å²) in [4.78, 5) is 21.5. The standard InChI is InChI=1S/C30H30N4O4/c1-36-19-21-12-20(15-31-16-21)17-33-24-7-8-27-23(14-24)13-22-4-2-5-25(29(22)38-27)28-18-34(10-11-37-28)26-6-3-9-32-30(26)35/h2-9,12,14-16,28,33H,10-11,13,17-19H2,1H3,(H,32,35). The van der Waals surface area contributed by atoms with E-state index >= 15 is 0 Å². The third-order valence-electron chi connectivity index (χ3n) is 6.99. The summed E-state index contributed by atoms with van der Waals surface area (Å²) in [6.07, 6.45) is 5.93. The summed E-state index contributed by atoms with van der Waals surface area (Å²) in [7, 11) is 1.69. The maximum Gasteiger partial charge on any atom is 0.271 e. The van der Waals surface area contributed by atoms with E-state index in [4.69, 9.17) is 14.2 Å². The normalized spacial score (nSPS) is 16.3. The summed E-state index contributed by atoms with van der Waals surface area (Å²) >= 11 is 0. The maximum absolute atomic E-state index is 12.4. The lowest BCUT2D eigenvalue weighted by molar-refractivity contribution is 0.0383. The summed E-state index contributed by atoms with van der Waals surface area (Å²) < 4.78 is 17.9. The van der Waals surface area contributed by atoms with E-state index in [9.17, 15) is 4.79 Å². The van der Waals surface area contributed by atoms with Gasteiger partial charge in [0, 0.05) is 68.6 Å². The Hall–Kier alpha value is -4.14. The molecule has 1 atom stereocenters. The summed E-state index contributed by atoms with van der Waals surface area (Å²) in [6.45, 7) is 3.02. The van der Waals surface area contributed by atoms with Crippen LogP contribution in [0.25, 0.3) is 0 Å². The number of hydrogen-bond donors (Lipinski definition) is 2. The molecule has 4 aromatic rings. The summed E-state index contributed by atoms with van der Waals surface area (Å²) in [5.41, 5.74) is 7.03. The van der Waals surface area contributed by atoms with Crippen molar-refractivity contribution in [3.8, 4) is 11.5 Å². The molecule has 2 aromatic carbocycles. The Kier molecular flexibility index (Phi) is 6.81. The van der Waals surface area contributed by atoms with Crippen molar-refractivity contribution < 1.29 is 14.2 Å². The third-order valence-corrected chi connectivity index (χ3v) is 6.99. The van der Waals surface area contributed by atoms with E-state index in [-0.39, 0.29) is 11.7 Å². The molecule has 2 aliphatic heterocycles. The molecule has 8 nitrogen and oxygen atoms in total. The number of aromatic nitrogens is 2. The number of fused-ring (bicyclic) bond motifs is 2. The molecule has 1 fully saturated rings. The molecule has 2 aliphatic rings. The lowest BCUT2D eigenvalue weighted by Crippen LogP contribution is -2.41. The molecule has 38 heavy (non-hydrogen) atoms. The first-order valence-electron chi connectivity index (χ1n) is 12.8. The molecule has 2 aromatic heterocycles. The van der Waals surface area contributed by atoms with Crippen LogP contribution in [0.4, 0.5) is 11.4 Å². The number of ether oxygens (including phenoxy) is 3. The van der Waals surface area contributed by atoms with Crippen molar-refractivity contribution in [1.29, 1.82) is 0 Å². The summed E-state index contributed by atoms with van der Waals surface area (Å²) in [5.74, 6) is 1.71. The van der Waals surface area contributed by atoms with Crippen LogP contribution in [0.15, 0.2) is 78.0 Å². The van der Waals surface area contributed by atoms with E-state index in [1.807, 2.05) is 36.7 Å². The average Bonchev–Trinajstić information content (AvgIpc) is 2.95. The van der Waals surface area contributed by atoms with Crippen molar-refractivity contribution in [1.82, 2.24) is 9.97 Å². The van der Waals surface area contributed by atoms with Gasteiger partial charge in [-0.15, -0.1) is 0 Å². The second-order valence-corrected chi connectivity index (χ2v) is 9.61. The molecule has 0 aliphatic carbocycles. The van der Waals surface area contributed by atoms with Crippen LogP contribution in [0.1, 0.15) is 33.9 Å². The fraction of sp³-hybridized carbons (Fsp3) is 0.267. The molecule has 6 rings (SSSR count). The molecule has 0 bridgehead atoms. The van der Waals surface area contributed by atoms with Gasteiger partial charge in [0.2, 0.25) is 0 Å². The van der Waals surface area contributed by atoms with Gasteiger partial charge in [-0.2, -0.15) is 0 Å². The Bertz CT molecular complexity index is 1500. The number of methoxy groups -OCH3 is 1. The molecule has 2 N–H and O–H groups in total. The number of para-hydroxylation sites is 1. The predicted molar refractivity (Wildman–Crippen MR) is 146 cm³/mol. The number of benzene rings is 2. The highest BCUT2D eigenvalue weighted by Crippen LogP contribution is 2.43. The molecule has 0 radical (unpaired) electrons. The van der Waals surface area contributed by atoms with Crippen molar-refractivity contribution in [3.05, 3.63) is 111 Å². The smallest absolute Gasteiger partial charge is 0.271 e. The number of pyridine rings is 2. The molecule has 0 spiro atoms. The van der Waals surface area contributed by atoms with Crippen molar-refractivity contribution in [2.24, 2.45) is 0 Å². The molecule has 8 heteroatoms. The van der Waals surface area contributed by atoms with Crippen molar-refractivity contribution in [2.75, 3.05) is 37.0 Å². The fourth-order valence-corrected chi connectivity index (χ4v) is 5.17. The van der Waals surface area contributed by atoms with E-state index in [0.29, 0.717) is 38.5 Å². The van der Waals surface area contributed by atoms with E-state index in [2.05, 4.69) is 50.5 Å². The first-order valence-corrected chi connectivity index (χ1v) is 12.8. The van der Waals surface area contributed by atoms with Crippen LogP contribution < -0.4 is 20.5 Å². The number of aromatic amines is 1. The minimum absolute atomic E-state index is 0.0863. The first kappa shape index (κ1) is 24.2. The van der Waals surface area contributed by atoms with Crippen LogP contribution in [-0.4, -0.2) is 36.8 Å². The van der Waals surface area contributed by atoms with Gasteiger partial charge in [0.15, 0.2) is 0 Å². The van der Waals surface area contributed by atoms with Gasteiger partial charge < -0.3 is 29.4 Å². The Morgan fingerprint density at radius 3 is 2.92 bits per heavy atom. The average molecular weight is 511 g/mol. The van der Waals surface area contributed by atoms with Gasteiger partial charge in [0.05, 0.1) is 13.2 Å². The van der Waals surface area contributed by atoms with Crippen molar-refractivity contribution in [3.63, 3.8) is 0 Å². The van der Waals surface area contributed by atoms with Gasteiger partial charge >= 0.3 is 0 Å². The van der Waals surface area contributed by atoms with Crippen LogP contribution >= 0.6 is 0 Å². The van der Waals surface area contributed by atoms with Gasteiger partial charge in [-0.1, -0.05) is 18.2 Å². The SMILES string of the molecule is COCc1cncc(CNc2ccc3c(c2)Cc2cccc(C4CN(c5ccc[nH]c5=O)CCO4)c2O3)c1. The predicted octanol–water partition coefficient (Wildman–Crippen LogP) is 4.80. The molecular weight excluding hydrogens is 480 g/mol. The monoisotopic (exact) mass is 510 g/mol. The fourth-order valence-electron chi connectivity index (χ4n) is 5.17. The highest BCUT2D eigenvalue weighted by Gasteiger charge is 2.29. The van der Waals surface area contributed by atoms with Gasteiger partial charge in [0.25, 0.3) is 5.56 Å². The largest absolute Gasteiger partial charge is 0.456 e. The summed E-state index contributed by atoms with van der Waals surface area (Å²) in [5, 5.41) is 3.50. The van der Waals surface area contributed by atoms with Gasteiger partial charge in [-0.3, -0.25) is 9.78 Å². The number of anilines is 2. The van der Waals surface area contributed by atoms with E-state index in [1.165, 1.54) is 0 Å². The number of nitrogens with zero attached hydrogens (tertiary/aromatic N) is 2. The summed E-state index contributed by atoms with van der Waals surface area (Å²) in [6, 6.07) is 18.3. The second kappa shape index (κ2) is 10.7. The topological polar surface area (TPSA) is 88.7 Å². The quantitative estimate of drug-likeness (QED) is 0.325. The lowest BCUT2D eigenvalue weighted by atomic mass is 9.95. The molecule has 1 saturated heterocycles. The molecule has 0 amide bonds. The Morgan fingerprint density at radius 2 is 2.03 bits per heavy atom. The minimum Gasteiger partial charge on any atom is -0.456 e. The zero-order chi connectivity index (χ0) is 25.9. The zero-order valence-electron chi connectivity index (χ0n) is 21.3. The number of H-pyrrole nitrogens is 1. The van der Waals surface area contributed by atoms with Gasteiger partial charge in [0.1, 0.15) is 23.3 Å². The van der Waals surface area contributed by atoms with E-state index in [0.717, 1.165) is 51.4 Å². The van der Waals surface area contributed by atoms with Gasteiger partial charge in [-0.05, 0) is 53.1 Å². The lowest BCUT2D eigenvalue weighted by Gasteiger charge is -2.35. The Morgan fingerprint density at radius 1 is 1.11 bits per heavy atom. The third kappa shape index (κ3) is 5.01. The number of rotatable bonds is 7. The molecule has 4 heterocycles. The molecule has 1 unspecified atom stereocenters. The Labute approximate surface area is 221 Å². The van der Waals surface area contributed by atoms with Crippen LogP contribution in [0.3, 0.4) is 0 Å². The molecular formula is C30H30N4O4. The number of morpholine rings is 1. The number of hydrogen-bond acceptors (Lipinski definition) is 7. The minimum atomic E-state index is -0.191. The Balaban J connectivity index is 1.18. The van der Waals surface area contributed by atoms with Crippen molar-refractivity contribution >= 4 is 11.4 Å². The van der Waals surface area contributed by atoms with Gasteiger partial charge in [-0.25, -0.2) is 0 Å². The van der Waals surface area contributed by atoms with E-state index < -0.39 is 0 Å². The van der Waals surface area contributed by atoms with Crippen LogP contribution in [0.5, 0.6) is 11.5 Å². The number of nitrogens with one attached hydrogen (secondary N) is 2. The highest BCUT2D eigenvalue weighted by molar-refractivity contribution is 5.59. The van der Waals surface area contributed by atoms with Crippen LogP contribution in [0, 0.1) is 0 Å². The van der Waals surface area contributed by atoms with Crippen molar-refractivity contribution in [2.45, 2.75) is 25.7 Å².